The van der Waals surface area contributed by atoms with E-state index in [4.69, 9.17) is 9.84 Å². The molecule has 0 bridgehead atoms. The van der Waals surface area contributed by atoms with E-state index in [0.29, 0.717) is 5.03 Å². The fourth-order valence-electron chi connectivity index (χ4n) is 1.17. The number of carbonyl (C=O) groups excluding carboxylic acids is 1. The first-order valence-corrected chi connectivity index (χ1v) is 6.31. The number of carbonyl (C=O) groups is 2. The van der Waals surface area contributed by atoms with Gasteiger partial charge in [-0.15, -0.1) is 0 Å². The number of rotatable bonds is 4. The van der Waals surface area contributed by atoms with Gasteiger partial charge in [-0.25, -0.2) is 9.78 Å². The first-order chi connectivity index (χ1) is 8.29. The predicted molar refractivity (Wildman–Crippen MR) is 67.8 cm³/mol. The largest absolute Gasteiger partial charge is 0.478 e. The van der Waals surface area contributed by atoms with Gasteiger partial charge in [0.25, 0.3) is 0 Å². The summed E-state index contributed by atoms with van der Waals surface area (Å²) in [5, 5.41) is 9.26. The van der Waals surface area contributed by atoms with Crippen LogP contribution >= 0.6 is 11.8 Å². The van der Waals surface area contributed by atoms with E-state index in [1.54, 1.807) is 26.8 Å². The van der Waals surface area contributed by atoms with Crippen molar-refractivity contribution < 1.29 is 19.4 Å². The number of thioether (sulfide) groups is 1. The second kappa shape index (κ2) is 5.86. The number of carboxylic acid groups (broad SMARTS) is 1. The predicted octanol–water partition coefficient (Wildman–Crippen LogP) is 2.21. The molecule has 0 amide bonds. The summed E-state index contributed by atoms with van der Waals surface area (Å²) in [5.74, 6) is -1.42. The van der Waals surface area contributed by atoms with Gasteiger partial charge >= 0.3 is 11.9 Å². The van der Waals surface area contributed by atoms with Gasteiger partial charge in [-0.3, -0.25) is 4.79 Å². The van der Waals surface area contributed by atoms with Gasteiger partial charge in [0.15, 0.2) is 0 Å². The van der Waals surface area contributed by atoms with E-state index in [0.717, 1.165) is 11.8 Å². The molecule has 0 aliphatic rings. The Bertz CT molecular complexity index is 454. The number of esters is 1. The van der Waals surface area contributed by atoms with Crippen LogP contribution in [0.1, 0.15) is 31.1 Å². The summed E-state index contributed by atoms with van der Waals surface area (Å²) in [5.41, 5.74) is -0.455. The third-order valence-corrected chi connectivity index (χ3v) is 2.73. The molecule has 0 atom stereocenters. The lowest BCUT2D eigenvalue weighted by Gasteiger charge is -2.19. The standard InChI is InChI=1S/C12H15NO4S/c1-12(2,3)17-9(14)7-18-10-8(11(15)16)5-4-6-13-10/h4-6H,7H2,1-3H3,(H,15,16). The highest BCUT2D eigenvalue weighted by Crippen LogP contribution is 2.21. The van der Waals surface area contributed by atoms with Gasteiger partial charge in [0.05, 0.1) is 11.3 Å². The van der Waals surface area contributed by atoms with Crippen LogP contribution < -0.4 is 0 Å². The Labute approximate surface area is 110 Å². The van der Waals surface area contributed by atoms with Gasteiger partial charge in [-0.2, -0.15) is 0 Å². The quantitative estimate of drug-likeness (QED) is 0.667. The molecule has 0 spiro atoms. The molecule has 98 valence electrons. The van der Waals surface area contributed by atoms with Crippen molar-refractivity contribution in [1.29, 1.82) is 0 Å². The molecule has 0 aliphatic heterocycles. The van der Waals surface area contributed by atoms with Crippen molar-refractivity contribution in [3.8, 4) is 0 Å². The van der Waals surface area contributed by atoms with Crippen LogP contribution in [0, 0.1) is 0 Å². The highest BCUT2D eigenvalue weighted by molar-refractivity contribution is 8.00. The lowest BCUT2D eigenvalue weighted by Crippen LogP contribution is -2.25. The maximum atomic E-state index is 11.5. The van der Waals surface area contributed by atoms with Gasteiger partial charge in [0.2, 0.25) is 0 Å². The number of aromatic carboxylic acids is 1. The lowest BCUT2D eigenvalue weighted by atomic mass is 10.2. The summed E-state index contributed by atoms with van der Waals surface area (Å²) >= 11 is 1.06. The fourth-order valence-corrected chi connectivity index (χ4v) is 1.93. The number of nitrogens with zero attached hydrogens (tertiary/aromatic N) is 1. The highest BCUT2D eigenvalue weighted by atomic mass is 32.2. The SMILES string of the molecule is CC(C)(C)OC(=O)CSc1ncccc1C(=O)O. The second-order valence-electron chi connectivity index (χ2n) is 4.54. The molecule has 1 aromatic rings. The van der Waals surface area contributed by atoms with Crippen molar-refractivity contribution in [3.63, 3.8) is 0 Å². The van der Waals surface area contributed by atoms with E-state index in [1.807, 2.05) is 0 Å². The minimum Gasteiger partial charge on any atom is -0.478 e. The van der Waals surface area contributed by atoms with E-state index in [1.165, 1.54) is 12.3 Å². The normalized spacial score (nSPS) is 11.1. The van der Waals surface area contributed by atoms with E-state index < -0.39 is 17.5 Å². The highest BCUT2D eigenvalue weighted by Gasteiger charge is 2.18. The summed E-state index contributed by atoms with van der Waals surface area (Å²) in [4.78, 5) is 26.4. The summed E-state index contributed by atoms with van der Waals surface area (Å²) in [6.45, 7) is 5.33. The molecule has 1 rings (SSSR count). The molecule has 0 radical (unpaired) electrons. The number of aromatic nitrogens is 1. The molecule has 1 aromatic heterocycles. The van der Waals surface area contributed by atoms with Crippen LogP contribution in [0.15, 0.2) is 23.4 Å². The molecular formula is C12H15NO4S. The van der Waals surface area contributed by atoms with E-state index in [2.05, 4.69) is 4.98 Å². The Balaban J connectivity index is 2.64. The van der Waals surface area contributed by atoms with Crippen LogP contribution in [0.2, 0.25) is 0 Å². The van der Waals surface area contributed by atoms with Crippen LogP contribution in [0.4, 0.5) is 0 Å². The number of hydrogen-bond acceptors (Lipinski definition) is 5. The van der Waals surface area contributed by atoms with Gasteiger partial charge in [-0.05, 0) is 32.9 Å². The Morgan fingerprint density at radius 3 is 2.67 bits per heavy atom. The second-order valence-corrected chi connectivity index (χ2v) is 5.50. The van der Waals surface area contributed by atoms with Crippen LogP contribution in [-0.4, -0.2) is 33.4 Å². The van der Waals surface area contributed by atoms with Crippen molar-refractivity contribution in [2.24, 2.45) is 0 Å². The molecule has 0 saturated heterocycles. The number of carboxylic acids is 1. The zero-order valence-corrected chi connectivity index (χ0v) is 11.3. The first-order valence-electron chi connectivity index (χ1n) is 5.32. The van der Waals surface area contributed by atoms with E-state index in [-0.39, 0.29) is 11.3 Å². The molecule has 5 nitrogen and oxygen atoms in total. The minimum absolute atomic E-state index is 0.0363. The Morgan fingerprint density at radius 2 is 2.11 bits per heavy atom. The van der Waals surface area contributed by atoms with Crippen LogP contribution in [-0.2, 0) is 9.53 Å². The number of pyridine rings is 1. The zero-order chi connectivity index (χ0) is 13.8. The average molecular weight is 269 g/mol. The summed E-state index contributed by atoms with van der Waals surface area (Å²) in [6.07, 6.45) is 1.49. The topological polar surface area (TPSA) is 76.5 Å². The van der Waals surface area contributed by atoms with E-state index in [9.17, 15) is 9.59 Å². The Kier molecular flexibility index (Phi) is 4.72. The maximum Gasteiger partial charge on any atom is 0.338 e. The summed E-state index contributed by atoms with van der Waals surface area (Å²) < 4.78 is 5.12. The van der Waals surface area contributed by atoms with Crippen molar-refractivity contribution >= 4 is 23.7 Å². The fraction of sp³-hybridized carbons (Fsp3) is 0.417. The zero-order valence-electron chi connectivity index (χ0n) is 10.5. The maximum absolute atomic E-state index is 11.5. The molecule has 0 aliphatic carbocycles. The molecule has 1 heterocycles. The van der Waals surface area contributed by atoms with Crippen molar-refractivity contribution in [3.05, 3.63) is 23.9 Å². The lowest BCUT2D eigenvalue weighted by molar-refractivity contribution is -0.151. The van der Waals surface area contributed by atoms with Gasteiger partial charge in [0.1, 0.15) is 10.6 Å². The monoisotopic (exact) mass is 269 g/mol. The molecule has 1 N–H and O–H groups in total. The van der Waals surface area contributed by atoms with Crippen molar-refractivity contribution in [1.82, 2.24) is 4.98 Å². The van der Waals surface area contributed by atoms with Crippen molar-refractivity contribution in [2.75, 3.05) is 5.75 Å². The first kappa shape index (κ1) is 14.5. The minimum atomic E-state index is -1.06. The van der Waals surface area contributed by atoms with Crippen LogP contribution in [0.3, 0.4) is 0 Å². The Hall–Kier alpha value is -1.56. The average Bonchev–Trinajstić information content (AvgIpc) is 2.24. The summed E-state index contributed by atoms with van der Waals surface area (Å²) in [7, 11) is 0. The summed E-state index contributed by atoms with van der Waals surface area (Å²) in [6, 6.07) is 2.99. The van der Waals surface area contributed by atoms with E-state index >= 15 is 0 Å². The van der Waals surface area contributed by atoms with Crippen molar-refractivity contribution in [2.45, 2.75) is 31.4 Å². The Morgan fingerprint density at radius 1 is 1.44 bits per heavy atom. The molecule has 0 fully saturated rings. The molecule has 6 heteroatoms. The van der Waals surface area contributed by atoms with Crippen LogP contribution in [0.25, 0.3) is 0 Å². The molecule has 18 heavy (non-hydrogen) atoms. The van der Waals surface area contributed by atoms with Crippen LogP contribution in [0.5, 0.6) is 0 Å². The van der Waals surface area contributed by atoms with Gasteiger partial charge in [0, 0.05) is 6.20 Å². The molecular weight excluding hydrogens is 254 g/mol. The third-order valence-electron chi connectivity index (χ3n) is 1.75. The smallest absolute Gasteiger partial charge is 0.338 e. The third kappa shape index (κ3) is 4.75. The van der Waals surface area contributed by atoms with Gasteiger partial charge < -0.3 is 9.84 Å². The number of ether oxygens (including phenoxy) is 1. The molecule has 0 saturated carbocycles. The van der Waals surface area contributed by atoms with Gasteiger partial charge in [-0.1, -0.05) is 11.8 Å². The molecule has 0 unspecified atom stereocenters. The molecule has 0 aromatic carbocycles. The number of hydrogen-bond donors (Lipinski definition) is 1.